The summed E-state index contributed by atoms with van der Waals surface area (Å²) in [5, 5.41) is 6.61. The van der Waals surface area contributed by atoms with Crippen molar-refractivity contribution >= 4 is 23.0 Å². The largest absolute Gasteiger partial charge is 0.356 e. The predicted octanol–water partition coefficient (Wildman–Crippen LogP) is 5.39. The van der Waals surface area contributed by atoms with Crippen molar-refractivity contribution in [1.82, 2.24) is 5.32 Å². The Labute approximate surface area is 143 Å². The molecule has 0 aromatic heterocycles. The summed E-state index contributed by atoms with van der Waals surface area (Å²) in [4.78, 5) is 0. The molecule has 0 amide bonds. The summed E-state index contributed by atoms with van der Waals surface area (Å²) < 4.78 is 13.7. The average Bonchev–Trinajstić information content (AvgIpc) is 2.55. The molecule has 4 heteroatoms. The first-order chi connectivity index (χ1) is 11.0. The van der Waals surface area contributed by atoms with Crippen molar-refractivity contribution in [3.05, 3.63) is 65.5 Å². The molecule has 0 radical (unpaired) electrons. The SMILES string of the molecule is CCC(NC(=S)Nc1ccccc1F)c1ccc(C(C)C)cc1. The van der Waals surface area contributed by atoms with E-state index in [4.69, 9.17) is 12.2 Å². The monoisotopic (exact) mass is 330 g/mol. The molecule has 0 heterocycles. The molecular formula is C19H23FN2S. The fourth-order valence-electron chi connectivity index (χ4n) is 2.41. The van der Waals surface area contributed by atoms with E-state index in [1.54, 1.807) is 18.2 Å². The highest BCUT2D eigenvalue weighted by Gasteiger charge is 2.12. The van der Waals surface area contributed by atoms with Gasteiger partial charge in [0.2, 0.25) is 0 Å². The van der Waals surface area contributed by atoms with Crippen LogP contribution in [0.2, 0.25) is 0 Å². The highest BCUT2D eigenvalue weighted by Crippen LogP contribution is 2.21. The highest BCUT2D eigenvalue weighted by atomic mass is 32.1. The third-order valence-electron chi connectivity index (χ3n) is 3.84. The quantitative estimate of drug-likeness (QED) is 0.719. The van der Waals surface area contributed by atoms with Crippen LogP contribution in [-0.2, 0) is 0 Å². The number of thiocarbonyl (C=S) groups is 1. The first kappa shape index (κ1) is 17.4. The van der Waals surface area contributed by atoms with Crippen molar-refractivity contribution in [2.45, 2.75) is 39.2 Å². The van der Waals surface area contributed by atoms with E-state index in [-0.39, 0.29) is 11.9 Å². The zero-order chi connectivity index (χ0) is 16.8. The van der Waals surface area contributed by atoms with E-state index >= 15 is 0 Å². The third kappa shape index (κ3) is 4.76. The fourth-order valence-corrected chi connectivity index (χ4v) is 2.67. The molecule has 0 spiro atoms. The van der Waals surface area contributed by atoms with Gasteiger partial charge in [-0.1, -0.05) is 57.2 Å². The molecule has 0 aliphatic carbocycles. The lowest BCUT2D eigenvalue weighted by atomic mass is 9.98. The van der Waals surface area contributed by atoms with Crippen LogP contribution in [0.3, 0.4) is 0 Å². The van der Waals surface area contributed by atoms with E-state index in [1.165, 1.54) is 17.2 Å². The molecule has 23 heavy (non-hydrogen) atoms. The van der Waals surface area contributed by atoms with Gasteiger partial charge in [0.25, 0.3) is 0 Å². The molecular weight excluding hydrogens is 307 g/mol. The molecule has 2 aromatic rings. The number of nitrogens with one attached hydrogen (secondary N) is 2. The molecule has 1 atom stereocenters. The molecule has 2 rings (SSSR count). The van der Waals surface area contributed by atoms with Gasteiger partial charge in [0.05, 0.1) is 11.7 Å². The Morgan fingerprint density at radius 2 is 1.65 bits per heavy atom. The second kappa shape index (κ2) is 8.06. The first-order valence-electron chi connectivity index (χ1n) is 7.93. The second-order valence-corrected chi connectivity index (χ2v) is 6.27. The molecule has 0 saturated heterocycles. The van der Waals surface area contributed by atoms with Crippen LogP contribution in [0.15, 0.2) is 48.5 Å². The van der Waals surface area contributed by atoms with Crippen LogP contribution >= 0.6 is 12.2 Å². The zero-order valence-corrected chi connectivity index (χ0v) is 14.6. The molecule has 0 fully saturated rings. The van der Waals surface area contributed by atoms with Crippen LogP contribution < -0.4 is 10.6 Å². The number of hydrogen-bond donors (Lipinski definition) is 2. The van der Waals surface area contributed by atoms with Gasteiger partial charge in [-0.05, 0) is 47.8 Å². The summed E-state index contributed by atoms with van der Waals surface area (Å²) in [6.07, 6.45) is 0.889. The lowest BCUT2D eigenvalue weighted by Crippen LogP contribution is -2.32. The van der Waals surface area contributed by atoms with E-state index in [0.717, 1.165) is 6.42 Å². The van der Waals surface area contributed by atoms with E-state index in [0.29, 0.717) is 16.7 Å². The minimum absolute atomic E-state index is 0.1000. The van der Waals surface area contributed by atoms with Crippen molar-refractivity contribution in [3.63, 3.8) is 0 Å². The summed E-state index contributed by atoms with van der Waals surface area (Å²) >= 11 is 5.32. The summed E-state index contributed by atoms with van der Waals surface area (Å²) in [5.74, 6) is 0.201. The second-order valence-electron chi connectivity index (χ2n) is 5.86. The van der Waals surface area contributed by atoms with Gasteiger partial charge in [0.15, 0.2) is 5.11 Å². The predicted molar refractivity (Wildman–Crippen MR) is 99.3 cm³/mol. The molecule has 122 valence electrons. The van der Waals surface area contributed by atoms with Crippen molar-refractivity contribution in [2.24, 2.45) is 0 Å². The van der Waals surface area contributed by atoms with Crippen molar-refractivity contribution in [2.75, 3.05) is 5.32 Å². The van der Waals surface area contributed by atoms with Gasteiger partial charge in [-0.25, -0.2) is 4.39 Å². The topological polar surface area (TPSA) is 24.1 Å². The Balaban J connectivity index is 2.04. The van der Waals surface area contributed by atoms with Gasteiger partial charge in [-0.2, -0.15) is 0 Å². The molecule has 0 aliphatic rings. The van der Waals surface area contributed by atoms with Gasteiger partial charge >= 0.3 is 0 Å². The molecule has 0 aliphatic heterocycles. The molecule has 1 unspecified atom stereocenters. The summed E-state index contributed by atoms with van der Waals surface area (Å²) in [5.41, 5.74) is 2.88. The average molecular weight is 330 g/mol. The molecule has 0 saturated carbocycles. The smallest absolute Gasteiger partial charge is 0.171 e. The number of hydrogen-bond acceptors (Lipinski definition) is 1. The van der Waals surface area contributed by atoms with E-state index in [9.17, 15) is 4.39 Å². The van der Waals surface area contributed by atoms with Gasteiger partial charge < -0.3 is 10.6 Å². The standard InChI is InChI=1S/C19H23FN2S/c1-4-17(15-11-9-14(10-12-15)13(2)3)21-19(23)22-18-8-6-5-7-16(18)20/h5-13,17H,4H2,1-3H3,(H2,21,22,23). The number of rotatable bonds is 5. The lowest BCUT2D eigenvalue weighted by Gasteiger charge is -2.21. The molecule has 2 aromatic carbocycles. The summed E-state index contributed by atoms with van der Waals surface area (Å²) in [6.45, 7) is 6.45. The highest BCUT2D eigenvalue weighted by molar-refractivity contribution is 7.80. The van der Waals surface area contributed by atoms with Crippen molar-refractivity contribution in [1.29, 1.82) is 0 Å². The molecule has 0 bridgehead atoms. The summed E-state index contributed by atoms with van der Waals surface area (Å²) in [7, 11) is 0. The third-order valence-corrected chi connectivity index (χ3v) is 4.06. The number of benzene rings is 2. The van der Waals surface area contributed by atoms with Gasteiger partial charge in [0, 0.05) is 0 Å². The number of para-hydroxylation sites is 1. The van der Waals surface area contributed by atoms with Crippen LogP contribution in [0, 0.1) is 5.82 Å². The van der Waals surface area contributed by atoms with E-state index in [1.807, 2.05) is 0 Å². The van der Waals surface area contributed by atoms with Gasteiger partial charge in [-0.15, -0.1) is 0 Å². The number of anilines is 1. The maximum absolute atomic E-state index is 13.7. The Morgan fingerprint density at radius 3 is 2.22 bits per heavy atom. The van der Waals surface area contributed by atoms with Crippen LogP contribution in [-0.4, -0.2) is 5.11 Å². The van der Waals surface area contributed by atoms with Crippen LogP contribution in [0.5, 0.6) is 0 Å². The van der Waals surface area contributed by atoms with Crippen LogP contribution in [0.25, 0.3) is 0 Å². The van der Waals surface area contributed by atoms with Crippen molar-refractivity contribution < 1.29 is 4.39 Å². The fraction of sp³-hybridized carbons (Fsp3) is 0.316. The normalized spacial score (nSPS) is 12.0. The first-order valence-corrected chi connectivity index (χ1v) is 8.34. The van der Waals surface area contributed by atoms with E-state index in [2.05, 4.69) is 55.7 Å². The van der Waals surface area contributed by atoms with E-state index < -0.39 is 0 Å². The molecule has 2 N–H and O–H groups in total. The van der Waals surface area contributed by atoms with Crippen LogP contribution in [0.4, 0.5) is 10.1 Å². The molecule has 2 nitrogen and oxygen atoms in total. The lowest BCUT2D eigenvalue weighted by molar-refractivity contribution is 0.623. The minimum atomic E-state index is -0.314. The minimum Gasteiger partial charge on any atom is -0.356 e. The number of halogens is 1. The zero-order valence-electron chi connectivity index (χ0n) is 13.8. The Kier molecular flexibility index (Phi) is 6.11. The van der Waals surface area contributed by atoms with Gasteiger partial charge in [-0.3, -0.25) is 0 Å². The van der Waals surface area contributed by atoms with Gasteiger partial charge in [0.1, 0.15) is 5.82 Å². The maximum Gasteiger partial charge on any atom is 0.171 e. The summed E-state index contributed by atoms with van der Waals surface area (Å²) in [6, 6.07) is 15.2. The Bertz CT molecular complexity index is 653. The van der Waals surface area contributed by atoms with Crippen molar-refractivity contribution in [3.8, 4) is 0 Å². The Hall–Kier alpha value is -1.94. The van der Waals surface area contributed by atoms with Crippen LogP contribution in [0.1, 0.15) is 50.3 Å². The maximum atomic E-state index is 13.7. The Morgan fingerprint density at radius 1 is 1.04 bits per heavy atom.